The zero-order valence-corrected chi connectivity index (χ0v) is 16.8. The van der Waals surface area contributed by atoms with E-state index >= 15 is 0 Å². The highest BCUT2D eigenvalue weighted by molar-refractivity contribution is 5.97. The Kier molecular flexibility index (Phi) is 7.49. The second kappa shape index (κ2) is 9.82. The molecule has 1 aromatic heterocycles. The van der Waals surface area contributed by atoms with Crippen molar-refractivity contribution in [3.05, 3.63) is 52.8 Å². The first-order valence-electron chi connectivity index (χ1n) is 9.31. The smallest absolute Gasteiger partial charge is 0.310 e. The lowest BCUT2D eigenvalue weighted by atomic mass is 10.1. The van der Waals surface area contributed by atoms with Crippen LogP contribution in [0.15, 0.2) is 30.3 Å². The minimum atomic E-state index is -0.641. The van der Waals surface area contributed by atoms with Crippen LogP contribution in [0.3, 0.4) is 0 Å². The van der Waals surface area contributed by atoms with E-state index < -0.39 is 24.4 Å². The highest BCUT2D eigenvalue weighted by atomic mass is 16.5. The van der Waals surface area contributed by atoms with Crippen LogP contribution in [-0.4, -0.2) is 34.2 Å². The van der Waals surface area contributed by atoms with Crippen LogP contribution in [0.25, 0.3) is 0 Å². The molecule has 2 amide bonds. The van der Waals surface area contributed by atoms with Gasteiger partial charge in [-0.15, -0.1) is 0 Å². The molecule has 1 N–H and O–H groups in total. The fourth-order valence-electron chi connectivity index (χ4n) is 2.87. The number of imide groups is 1. The van der Waals surface area contributed by atoms with Gasteiger partial charge >= 0.3 is 5.97 Å². The summed E-state index contributed by atoms with van der Waals surface area (Å²) in [7, 11) is 0. The van der Waals surface area contributed by atoms with Gasteiger partial charge in [0, 0.05) is 17.8 Å². The van der Waals surface area contributed by atoms with Crippen molar-refractivity contribution in [2.45, 2.75) is 47.1 Å². The van der Waals surface area contributed by atoms with Crippen LogP contribution in [0.2, 0.25) is 0 Å². The van der Waals surface area contributed by atoms with Crippen LogP contribution in [0.5, 0.6) is 0 Å². The molecule has 2 rings (SSSR count). The minimum absolute atomic E-state index is 0.0427. The Hall–Kier alpha value is -2.96. The maximum Gasteiger partial charge on any atom is 0.310 e. The van der Waals surface area contributed by atoms with E-state index in [9.17, 15) is 14.4 Å². The lowest BCUT2D eigenvalue weighted by molar-refractivity contribution is -0.149. The van der Waals surface area contributed by atoms with E-state index in [-0.39, 0.29) is 12.8 Å². The van der Waals surface area contributed by atoms with E-state index in [4.69, 9.17) is 4.74 Å². The van der Waals surface area contributed by atoms with Crippen LogP contribution in [-0.2, 0) is 38.5 Å². The van der Waals surface area contributed by atoms with Crippen molar-refractivity contribution in [3.63, 3.8) is 0 Å². The minimum Gasteiger partial charge on any atom is -0.455 e. The molecule has 7 heteroatoms. The highest BCUT2D eigenvalue weighted by Crippen LogP contribution is 2.15. The van der Waals surface area contributed by atoms with Gasteiger partial charge < -0.3 is 4.74 Å². The third-order valence-electron chi connectivity index (χ3n) is 4.24. The number of aromatic nitrogens is 2. The number of ether oxygens (including phenoxy) is 1. The largest absolute Gasteiger partial charge is 0.455 e. The van der Waals surface area contributed by atoms with Gasteiger partial charge in [0.25, 0.3) is 5.91 Å². The molecule has 1 aromatic carbocycles. The average molecular weight is 385 g/mol. The quantitative estimate of drug-likeness (QED) is 0.703. The molecule has 7 nitrogen and oxygen atoms in total. The summed E-state index contributed by atoms with van der Waals surface area (Å²) in [4.78, 5) is 35.8. The van der Waals surface area contributed by atoms with E-state index in [1.807, 2.05) is 36.7 Å². The number of benzene rings is 1. The van der Waals surface area contributed by atoms with Gasteiger partial charge in [0.15, 0.2) is 6.61 Å². The molecular formula is C21H27N3O4. The van der Waals surface area contributed by atoms with Crippen LogP contribution in [0.1, 0.15) is 36.4 Å². The van der Waals surface area contributed by atoms with Crippen LogP contribution in [0.4, 0.5) is 0 Å². The van der Waals surface area contributed by atoms with Gasteiger partial charge in [-0.25, -0.2) is 0 Å². The van der Waals surface area contributed by atoms with Crippen molar-refractivity contribution in [1.29, 1.82) is 0 Å². The first kappa shape index (κ1) is 21.3. The van der Waals surface area contributed by atoms with Gasteiger partial charge in [-0.05, 0) is 25.3 Å². The Morgan fingerprint density at radius 3 is 2.39 bits per heavy atom. The van der Waals surface area contributed by atoms with E-state index in [1.54, 1.807) is 12.1 Å². The molecule has 28 heavy (non-hydrogen) atoms. The van der Waals surface area contributed by atoms with E-state index in [0.717, 1.165) is 29.1 Å². The zero-order chi connectivity index (χ0) is 20.7. The van der Waals surface area contributed by atoms with Crippen molar-refractivity contribution < 1.29 is 19.1 Å². The Balaban J connectivity index is 1.81. The van der Waals surface area contributed by atoms with Gasteiger partial charge in [0.05, 0.1) is 18.5 Å². The van der Waals surface area contributed by atoms with E-state index in [2.05, 4.69) is 24.3 Å². The summed E-state index contributed by atoms with van der Waals surface area (Å²) in [6.45, 7) is 8.25. The number of nitrogens with zero attached hydrogens (tertiary/aromatic N) is 2. The maximum atomic E-state index is 12.1. The Morgan fingerprint density at radius 2 is 1.75 bits per heavy atom. The van der Waals surface area contributed by atoms with Gasteiger partial charge in [-0.3, -0.25) is 24.4 Å². The second-order valence-corrected chi connectivity index (χ2v) is 7.20. The Morgan fingerprint density at radius 1 is 1.07 bits per heavy atom. The SMILES string of the molecule is Cc1nn(CC(C)C)c(C)c1CC(=O)OCC(=O)NC(=O)Cc1ccccc1. The monoisotopic (exact) mass is 385 g/mol. The summed E-state index contributed by atoms with van der Waals surface area (Å²) in [5.74, 6) is -1.16. The Bertz CT molecular complexity index is 841. The van der Waals surface area contributed by atoms with Crippen molar-refractivity contribution in [2.75, 3.05) is 6.61 Å². The lowest BCUT2D eigenvalue weighted by Crippen LogP contribution is -2.35. The van der Waals surface area contributed by atoms with Crippen LogP contribution >= 0.6 is 0 Å². The molecule has 0 fully saturated rings. The molecule has 150 valence electrons. The molecule has 0 atom stereocenters. The van der Waals surface area contributed by atoms with Crippen molar-refractivity contribution in [3.8, 4) is 0 Å². The molecule has 0 aliphatic heterocycles. The van der Waals surface area contributed by atoms with Crippen LogP contribution < -0.4 is 5.32 Å². The number of hydrogen-bond donors (Lipinski definition) is 1. The molecule has 0 unspecified atom stereocenters. The van der Waals surface area contributed by atoms with Crippen molar-refractivity contribution >= 4 is 17.8 Å². The molecule has 0 radical (unpaired) electrons. The van der Waals surface area contributed by atoms with Crippen molar-refractivity contribution in [2.24, 2.45) is 5.92 Å². The normalized spacial score (nSPS) is 10.8. The molecule has 2 aromatic rings. The predicted molar refractivity (Wildman–Crippen MR) is 104 cm³/mol. The molecule has 0 saturated carbocycles. The number of rotatable bonds is 8. The standard InChI is InChI=1S/C21H27N3O4/c1-14(2)12-24-16(4)18(15(3)23-24)11-21(27)28-13-20(26)22-19(25)10-17-8-6-5-7-9-17/h5-9,14H,10-13H2,1-4H3,(H,22,25,26). The molecule has 0 spiro atoms. The first-order chi connectivity index (χ1) is 13.3. The number of nitrogens with one attached hydrogen (secondary N) is 1. The summed E-state index contributed by atoms with van der Waals surface area (Å²) in [5, 5.41) is 6.69. The predicted octanol–water partition coefficient (Wildman–Crippen LogP) is 2.13. The molecular weight excluding hydrogens is 358 g/mol. The third-order valence-corrected chi connectivity index (χ3v) is 4.24. The molecule has 0 aliphatic rings. The lowest BCUT2D eigenvalue weighted by Gasteiger charge is -2.08. The fraction of sp³-hybridized carbons (Fsp3) is 0.429. The third kappa shape index (κ3) is 6.33. The zero-order valence-electron chi connectivity index (χ0n) is 16.8. The fourth-order valence-corrected chi connectivity index (χ4v) is 2.87. The molecule has 0 aliphatic carbocycles. The van der Waals surface area contributed by atoms with Crippen LogP contribution in [0, 0.1) is 19.8 Å². The number of hydrogen-bond acceptors (Lipinski definition) is 5. The number of esters is 1. The summed E-state index contributed by atoms with van der Waals surface area (Å²) < 4.78 is 6.91. The maximum absolute atomic E-state index is 12.1. The number of aryl methyl sites for hydroxylation is 1. The topological polar surface area (TPSA) is 90.3 Å². The van der Waals surface area contributed by atoms with Gasteiger partial charge in [0.1, 0.15) is 0 Å². The summed E-state index contributed by atoms with van der Waals surface area (Å²) in [5.41, 5.74) is 3.31. The van der Waals surface area contributed by atoms with Crippen molar-refractivity contribution in [1.82, 2.24) is 15.1 Å². The highest BCUT2D eigenvalue weighted by Gasteiger charge is 2.17. The van der Waals surface area contributed by atoms with Gasteiger partial charge in [-0.1, -0.05) is 44.2 Å². The summed E-state index contributed by atoms with van der Waals surface area (Å²) >= 11 is 0. The average Bonchev–Trinajstić information content (AvgIpc) is 2.87. The molecule has 0 bridgehead atoms. The Labute approximate surface area is 165 Å². The molecule has 1 heterocycles. The number of amides is 2. The van der Waals surface area contributed by atoms with E-state index in [0.29, 0.717) is 5.92 Å². The summed E-state index contributed by atoms with van der Waals surface area (Å²) in [6.07, 6.45) is 0.134. The number of carbonyl (C=O) groups excluding carboxylic acids is 3. The first-order valence-corrected chi connectivity index (χ1v) is 9.31. The van der Waals surface area contributed by atoms with Gasteiger partial charge in [0.2, 0.25) is 5.91 Å². The van der Waals surface area contributed by atoms with Gasteiger partial charge in [-0.2, -0.15) is 5.10 Å². The second-order valence-electron chi connectivity index (χ2n) is 7.20. The summed E-state index contributed by atoms with van der Waals surface area (Å²) in [6, 6.07) is 9.09. The van der Waals surface area contributed by atoms with E-state index in [1.165, 1.54) is 0 Å². The molecule has 0 saturated heterocycles. The number of carbonyl (C=O) groups is 3.